The van der Waals surface area contributed by atoms with E-state index in [1.807, 2.05) is 14.1 Å². The molecule has 1 aliphatic carbocycles. The second kappa shape index (κ2) is 7.09. The number of nitrogens with one attached hydrogen (secondary N) is 1. The smallest absolute Gasteiger partial charge is 0.251 e. The Morgan fingerprint density at radius 1 is 1.48 bits per heavy atom. The van der Waals surface area contributed by atoms with Crippen LogP contribution in [0.15, 0.2) is 12.1 Å². The molecule has 0 radical (unpaired) electrons. The second-order valence-electron chi connectivity index (χ2n) is 5.75. The van der Waals surface area contributed by atoms with Gasteiger partial charge in [-0.1, -0.05) is 24.4 Å². The van der Waals surface area contributed by atoms with Gasteiger partial charge >= 0.3 is 0 Å². The molecule has 1 saturated carbocycles. The van der Waals surface area contributed by atoms with Crippen LogP contribution in [0.1, 0.15) is 36.0 Å². The predicted octanol–water partition coefficient (Wildman–Crippen LogP) is 2.08. The van der Waals surface area contributed by atoms with Gasteiger partial charge in [-0.25, -0.2) is 4.98 Å². The molecule has 1 fully saturated rings. The van der Waals surface area contributed by atoms with Gasteiger partial charge in [-0.3, -0.25) is 4.79 Å². The van der Waals surface area contributed by atoms with Crippen LogP contribution in [0.5, 0.6) is 0 Å². The lowest BCUT2D eigenvalue weighted by Crippen LogP contribution is -2.35. The summed E-state index contributed by atoms with van der Waals surface area (Å²) in [5, 5.41) is 13.1. The summed E-state index contributed by atoms with van der Waals surface area (Å²) in [5.41, 5.74) is 0.456. The first kappa shape index (κ1) is 16.0. The number of rotatable bonds is 5. The molecule has 0 aromatic carbocycles. The molecular weight excluding hydrogens is 290 g/mol. The molecular formula is C15H22ClN3O2. The first-order chi connectivity index (χ1) is 9.97. The Labute approximate surface area is 130 Å². The molecule has 2 N–H and O–H groups in total. The molecule has 1 heterocycles. The molecule has 0 aliphatic heterocycles. The highest BCUT2D eigenvalue weighted by molar-refractivity contribution is 6.29. The average molecular weight is 312 g/mol. The molecule has 1 atom stereocenters. The Hall–Kier alpha value is -1.33. The normalized spacial score (nSPS) is 16.8. The standard InChI is InChI=1S/C15H22ClN3O2/c1-19(2)14-8-11(7-13(16)18-14)15(21)17-9-12(20)10-5-3-4-6-10/h7-8,10,12,20H,3-6,9H2,1-2H3,(H,17,21). The van der Waals surface area contributed by atoms with Crippen LogP contribution in [-0.2, 0) is 0 Å². The fourth-order valence-corrected chi connectivity index (χ4v) is 2.86. The van der Waals surface area contributed by atoms with Gasteiger partial charge in [0, 0.05) is 26.2 Å². The SMILES string of the molecule is CN(C)c1cc(C(=O)NCC(O)C2CCCC2)cc(Cl)n1. The molecule has 1 aromatic heterocycles. The van der Waals surface area contributed by atoms with Crippen LogP contribution < -0.4 is 10.2 Å². The number of pyridine rings is 1. The van der Waals surface area contributed by atoms with Crippen molar-refractivity contribution < 1.29 is 9.90 Å². The van der Waals surface area contributed by atoms with Crippen molar-refractivity contribution in [3.63, 3.8) is 0 Å². The van der Waals surface area contributed by atoms with Gasteiger partial charge in [0.1, 0.15) is 11.0 Å². The minimum absolute atomic E-state index is 0.237. The Balaban J connectivity index is 1.96. The average Bonchev–Trinajstić information content (AvgIpc) is 2.97. The third-order valence-electron chi connectivity index (χ3n) is 3.92. The Morgan fingerprint density at radius 3 is 2.76 bits per heavy atom. The van der Waals surface area contributed by atoms with Gasteiger partial charge in [0.2, 0.25) is 0 Å². The molecule has 116 valence electrons. The van der Waals surface area contributed by atoms with Gasteiger partial charge in [-0.05, 0) is 30.9 Å². The Bertz CT molecular complexity index is 502. The van der Waals surface area contributed by atoms with Crippen molar-refractivity contribution >= 4 is 23.3 Å². The monoisotopic (exact) mass is 311 g/mol. The second-order valence-corrected chi connectivity index (χ2v) is 6.14. The number of aliphatic hydroxyl groups excluding tert-OH is 1. The molecule has 1 aliphatic rings. The molecule has 5 nitrogen and oxygen atoms in total. The molecule has 0 spiro atoms. The van der Waals surface area contributed by atoms with E-state index in [0.717, 1.165) is 12.8 Å². The van der Waals surface area contributed by atoms with E-state index in [9.17, 15) is 9.90 Å². The molecule has 1 unspecified atom stereocenters. The maximum absolute atomic E-state index is 12.2. The summed E-state index contributed by atoms with van der Waals surface area (Å²) < 4.78 is 0. The van der Waals surface area contributed by atoms with Crippen LogP contribution in [0.25, 0.3) is 0 Å². The van der Waals surface area contributed by atoms with Crippen LogP contribution >= 0.6 is 11.6 Å². The fourth-order valence-electron chi connectivity index (χ4n) is 2.65. The van der Waals surface area contributed by atoms with Crippen molar-refractivity contribution in [2.45, 2.75) is 31.8 Å². The number of halogens is 1. The van der Waals surface area contributed by atoms with E-state index in [0.29, 0.717) is 17.3 Å². The summed E-state index contributed by atoms with van der Waals surface area (Å²) in [4.78, 5) is 18.1. The van der Waals surface area contributed by atoms with E-state index in [1.54, 1.807) is 11.0 Å². The summed E-state index contributed by atoms with van der Waals surface area (Å²) in [6.45, 7) is 0.279. The molecule has 21 heavy (non-hydrogen) atoms. The van der Waals surface area contributed by atoms with Crippen molar-refractivity contribution in [1.82, 2.24) is 10.3 Å². The van der Waals surface area contributed by atoms with E-state index >= 15 is 0 Å². The molecule has 1 amide bonds. The highest BCUT2D eigenvalue weighted by Gasteiger charge is 2.23. The van der Waals surface area contributed by atoms with Gasteiger partial charge in [-0.2, -0.15) is 0 Å². The zero-order chi connectivity index (χ0) is 15.4. The maximum atomic E-state index is 12.2. The van der Waals surface area contributed by atoms with E-state index in [2.05, 4.69) is 10.3 Å². The predicted molar refractivity (Wildman–Crippen MR) is 83.9 cm³/mol. The van der Waals surface area contributed by atoms with Crippen LogP contribution in [0.3, 0.4) is 0 Å². The highest BCUT2D eigenvalue weighted by Crippen LogP contribution is 2.27. The number of anilines is 1. The van der Waals surface area contributed by atoms with Crippen LogP contribution in [-0.4, -0.2) is 42.7 Å². The third kappa shape index (κ3) is 4.32. The summed E-state index contributed by atoms with van der Waals surface area (Å²) in [6.07, 6.45) is 3.96. The number of nitrogens with zero attached hydrogens (tertiary/aromatic N) is 2. The van der Waals surface area contributed by atoms with Crippen LogP contribution in [0.2, 0.25) is 5.15 Å². The van der Waals surface area contributed by atoms with Crippen molar-refractivity contribution in [1.29, 1.82) is 0 Å². The van der Waals surface area contributed by atoms with Crippen LogP contribution in [0.4, 0.5) is 5.82 Å². The van der Waals surface area contributed by atoms with Gasteiger partial charge in [0.25, 0.3) is 5.91 Å². The van der Waals surface area contributed by atoms with E-state index in [-0.39, 0.29) is 17.6 Å². The Kier molecular flexibility index (Phi) is 5.42. The number of aliphatic hydroxyl groups is 1. The molecule has 0 bridgehead atoms. The molecule has 1 aromatic rings. The van der Waals surface area contributed by atoms with Gasteiger partial charge < -0.3 is 15.3 Å². The maximum Gasteiger partial charge on any atom is 0.251 e. The number of hydrogen-bond donors (Lipinski definition) is 2. The number of aromatic nitrogens is 1. The number of amides is 1. The van der Waals surface area contributed by atoms with Crippen molar-refractivity contribution in [3.8, 4) is 0 Å². The zero-order valence-electron chi connectivity index (χ0n) is 12.5. The zero-order valence-corrected chi connectivity index (χ0v) is 13.2. The largest absolute Gasteiger partial charge is 0.391 e. The number of carbonyl (C=O) groups excluding carboxylic acids is 1. The van der Waals surface area contributed by atoms with E-state index < -0.39 is 6.10 Å². The molecule has 2 rings (SSSR count). The summed E-state index contributed by atoms with van der Waals surface area (Å²) in [7, 11) is 3.67. The fraction of sp³-hybridized carbons (Fsp3) is 0.600. The quantitative estimate of drug-likeness (QED) is 0.817. The van der Waals surface area contributed by atoms with Gasteiger partial charge in [0.05, 0.1) is 6.10 Å². The summed E-state index contributed by atoms with van der Waals surface area (Å²) in [6, 6.07) is 3.22. The topological polar surface area (TPSA) is 65.5 Å². The van der Waals surface area contributed by atoms with Crippen molar-refractivity contribution in [2.24, 2.45) is 5.92 Å². The highest BCUT2D eigenvalue weighted by atomic mass is 35.5. The lowest BCUT2D eigenvalue weighted by molar-refractivity contribution is 0.0840. The minimum atomic E-state index is -0.470. The number of hydrogen-bond acceptors (Lipinski definition) is 4. The van der Waals surface area contributed by atoms with Gasteiger partial charge in [0.15, 0.2) is 0 Å². The van der Waals surface area contributed by atoms with Crippen LogP contribution in [0, 0.1) is 5.92 Å². The summed E-state index contributed by atoms with van der Waals surface area (Å²) in [5.74, 6) is 0.701. The minimum Gasteiger partial charge on any atom is -0.391 e. The lowest BCUT2D eigenvalue weighted by Gasteiger charge is -2.18. The lowest BCUT2D eigenvalue weighted by atomic mass is 10.0. The third-order valence-corrected chi connectivity index (χ3v) is 4.11. The number of carbonyl (C=O) groups is 1. The first-order valence-electron chi connectivity index (χ1n) is 7.28. The summed E-state index contributed by atoms with van der Waals surface area (Å²) >= 11 is 5.94. The first-order valence-corrected chi connectivity index (χ1v) is 7.66. The van der Waals surface area contributed by atoms with Crippen molar-refractivity contribution in [3.05, 3.63) is 22.8 Å². The van der Waals surface area contributed by atoms with Gasteiger partial charge in [-0.15, -0.1) is 0 Å². The van der Waals surface area contributed by atoms with E-state index in [4.69, 9.17) is 11.6 Å². The Morgan fingerprint density at radius 2 is 2.14 bits per heavy atom. The van der Waals surface area contributed by atoms with Crippen molar-refractivity contribution in [2.75, 3.05) is 25.5 Å². The molecule has 6 heteroatoms. The molecule has 0 saturated heterocycles. The van der Waals surface area contributed by atoms with E-state index in [1.165, 1.54) is 18.9 Å².